The molecular weight excluding hydrogens is 302 g/mol. The van der Waals surface area contributed by atoms with Crippen molar-refractivity contribution in [2.24, 2.45) is 0 Å². The number of sulfone groups is 2. The summed E-state index contributed by atoms with van der Waals surface area (Å²) < 4.78 is 52.5. The summed E-state index contributed by atoms with van der Waals surface area (Å²) in [5, 5.41) is 0. The van der Waals surface area contributed by atoms with Crippen LogP contribution in [0.1, 0.15) is 13.3 Å². The van der Waals surface area contributed by atoms with Crippen LogP contribution in [0.3, 0.4) is 0 Å². The number of anilines is 1. The number of hydrogen-bond acceptors (Lipinski definition) is 6. The molecule has 20 heavy (non-hydrogen) atoms. The molecule has 6 nitrogen and oxygen atoms in total. The highest BCUT2D eigenvalue weighted by molar-refractivity contribution is 7.95. The Morgan fingerprint density at radius 2 is 1.75 bits per heavy atom. The third kappa shape index (κ3) is 4.38. The molecule has 0 aromatic heterocycles. The SMILES string of the molecule is CCCS(=O)(=O)CCS(=O)(=O)c1cc(OC)ccc1N. The molecular formula is C12H19NO5S2. The minimum Gasteiger partial charge on any atom is -0.497 e. The summed E-state index contributed by atoms with van der Waals surface area (Å²) >= 11 is 0. The number of ether oxygens (including phenoxy) is 1. The molecule has 8 heteroatoms. The van der Waals surface area contributed by atoms with Crippen LogP contribution >= 0.6 is 0 Å². The van der Waals surface area contributed by atoms with E-state index in [1.165, 1.54) is 19.2 Å². The Morgan fingerprint density at radius 1 is 1.10 bits per heavy atom. The van der Waals surface area contributed by atoms with E-state index in [2.05, 4.69) is 0 Å². The molecule has 0 heterocycles. The maximum Gasteiger partial charge on any atom is 0.181 e. The molecule has 0 atom stereocenters. The zero-order valence-electron chi connectivity index (χ0n) is 11.5. The van der Waals surface area contributed by atoms with Crippen molar-refractivity contribution >= 4 is 25.4 Å². The van der Waals surface area contributed by atoms with Crippen LogP contribution in [0.4, 0.5) is 5.69 Å². The number of nitrogen functional groups attached to an aromatic ring is 1. The van der Waals surface area contributed by atoms with E-state index in [1.807, 2.05) is 0 Å². The van der Waals surface area contributed by atoms with Gasteiger partial charge in [0.25, 0.3) is 0 Å². The summed E-state index contributed by atoms with van der Waals surface area (Å²) in [4.78, 5) is -0.0939. The average molecular weight is 321 g/mol. The highest BCUT2D eigenvalue weighted by Crippen LogP contribution is 2.25. The molecule has 1 aromatic carbocycles. The summed E-state index contributed by atoms with van der Waals surface area (Å²) in [6, 6.07) is 4.27. The Balaban J connectivity index is 3.00. The van der Waals surface area contributed by atoms with Crippen molar-refractivity contribution in [2.45, 2.75) is 18.2 Å². The fourth-order valence-corrected chi connectivity index (χ4v) is 5.33. The van der Waals surface area contributed by atoms with Crippen molar-refractivity contribution in [2.75, 3.05) is 30.1 Å². The molecule has 0 bridgehead atoms. The highest BCUT2D eigenvalue weighted by atomic mass is 32.2. The van der Waals surface area contributed by atoms with E-state index < -0.39 is 31.2 Å². The topological polar surface area (TPSA) is 104 Å². The molecule has 1 rings (SSSR count). The van der Waals surface area contributed by atoms with Crippen molar-refractivity contribution in [3.8, 4) is 5.75 Å². The Bertz CT molecular complexity index is 665. The Labute approximate surface area is 119 Å². The molecule has 0 amide bonds. The van der Waals surface area contributed by atoms with E-state index in [0.29, 0.717) is 12.2 Å². The van der Waals surface area contributed by atoms with Gasteiger partial charge >= 0.3 is 0 Å². The first-order valence-corrected chi connectivity index (χ1v) is 9.56. The standard InChI is InChI=1S/C12H19NO5S2/c1-3-6-19(14,15)7-8-20(16,17)12-9-10(18-2)4-5-11(12)13/h4-5,9H,3,6-8,13H2,1-2H3. The van der Waals surface area contributed by atoms with E-state index >= 15 is 0 Å². The summed E-state index contributed by atoms with van der Waals surface area (Å²) in [5.74, 6) is -0.544. The van der Waals surface area contributed by atoms with Crippen molar-refractivity contribution < 1.29 is 21.6 Å². The van der Waals surface area contributed by atoms with Gasteiger partial charge < -0.3 is 10.5 Å². The van der Waals surface area contributed by atoms with E-state index in [9.17, 15) is 16.8 Å². The molecule has 0 radical (unpaired) electrons. The molecule has 0 saturated heterocycles. The maximum absolute atomic E-state index is 12.2. The minimum atomic E-state index is -3.76. The van der Waals surface area contributed by atoms with Crippen molar-refractivity contribution in [1.29, 1.82) is 0 Å². The summed E-state index contributed by atoms with van der Waals surface area (Å²) in [6.07, 6.45) is 0.462. The van der Waals surface area contributed by atoms with Gasteiger partial charge in [-0.05, 0) is 18.6 Å². The third-order valence-corrected chi connectivity index (χ3v) is 6.61. The molecule has 0 saturated carbocycles. The second-order valence-corrected chi connectivity index (χ2v) is 8.76. The molecule has 1 aromatic rings. The fraction of sp³-hybridized carbons (Fsp3) is 0.500. The number of hydrogen-bond donors (Lipinski definition) is 1. The summed E-state index contributed by atoms with van der Waals surface area (Å²) in [6.45, 7) is 1.73. The fourth-order valence-electron chi connectivity index (χ4n) is 1.67. The van der Waals surface area contributed by atoms with Crippen LogP contribution in [-0.2, 0) is 19.7 Å². The van der Waals surface area contributed by atoms with E-state index in [1.54, 1.807) is 13.0 Å². The van der Waals surface area contributed by atoms with E-state index in [0.717, 1.165) is 0 Å². The number of nitrogens with two attached hydrogens (primary N) is 1. The molecule has 0 spiro atoms. The van der Waals surface area contributed by atoms with Gasteiger partial charge in [0, 0.05) is 11.8 Å². The third-order valence-electron chi connectivity index (χ3n) is 2.73. The van der Waals surface area contributed by atoms with Gasteiger partial charge in [-0.25, -0.2) is 16.8 Å². The van der Waals surface area contributed by atoms with Crippen LogP contribution in [0.5, 0.6) is 5.75 Å². The molecule has 0 unspecified atom stereocenters. The lowest BCUT2D eigenvalue weighted by Gasteiger charge is -2.09. The second kappa shape index (κ2) is 6.45. The number of benzene rings is 1. The first kappa shape index (κ1) is 16.8. The van der Waals surface area contributed by atoms with Crippen LogP contribution < -0.4 is 10.5 Å². The van der Waals surface area contributed by atoms with Gasteiger partial charge in [-0.1, -0.05) is 6.92 Å². The van der Waals surface area contributed by atoms with Crippen LogP contribution in [0.2, 0.25) is 0 Å². The van der Waals surface area contributed by atoms with Crippen molar-refractivity contribution in [1.82, 2.24) is 0 Å². The van der Waals surface area contributed by atoms with E-state index in [4.69, 9.17) is 10.5 Å². The lowest BCUT2D eigenvalue weighted by molar-refractivity contribution is 0.413. The normalized spacial score (nSPS) is 12.3. The number of methoxy groups -OCH3 is 1. The lowest BCUT2D eigenvalue weighted by atomic mass is 10.3. The smallest absolute Gasteiger partial charge is 0.181 e. The van der Waals surface area contributed by atoms with Gasteiger partial charge in [0.1, 0.15) is 5.75 Å². The molecule has 0 aliphatic heterocycles. The highest BCUT2D eigenvalue weighted by Gasteiger charge is 2.22. The Hall–Kier alpha value is -1.28. The predicted molar refractivity (Wildman–Crippen MR) is 78.4 cm³/mol. The van der Waals surface area contributed by atoms with E-state index in [-0.39, 0.29) is 16.3 Å². The molecule has 0 aliphatic carbocycles. The lowest BCUT2D eigenvalue weighted by Crippen LogP contribution is -2.20. The summed E-state index contributed by atoms with van der Waals surface area (Å²) in [5.41, 5.74) is 5.73. The molecule has 2 N–H and O–H groups in total. The largest absolute Gasteiger partial charge is 0.497 e. The van der Waals surface area contributed by atoms with Crippen LogP contribution in [-0.4, -0.2) is 41.2 Å². The van der Waals surface area contributed by atoms with Gasteiger partial charge in [-0.15, -0.1) is 0 Å². The maximum atomic E-state index is 12.2. The average Bonchev–Trinajstić information content (AvgIpc) is 2.37. The van der Waals surface area contributed by atoms with Crippen LogP contribution in [0, 0.1) is 0 Å². The van der Waals surface area contributed by atoms with Crippen LogP contribution in [0.15, 0.2) is 23.1 Å². The molecule has 0 aliphatic rings. The second-order valence-electron chi connectivity index (χ2n) is 4.37. The van der Waals surface area contributed by atoms with Gasteiger partial charge in [0.05, 0.1) is 29.2 Å². The number of rotatable bonds is 7. The minimum absolute atomic E-state index is 0.0177. The summed E-state index contributed by atoms with van der Waals surface area (Å²) in [7, 11) is -5.70. The van der Waals surface area contributed by atoms with Gasteiger partial charge in [-0.3, -0.25) is 0 Å². The van der Waals surface area contributed by atoms with Crippen LogP contribution in [0.25, 0.3) is 0 Å². The first-order chi connectivity index (χ1) is 9.22. The van der Waals surface area contributed by atoms with Gasteiger partial charge in [0.2, 0.25) is 0 Å². The Kier molecular flexibility index (Phi) is 5.41. The zero-order valence-corrected chi connectivity index (χ0v) is 13.1. The quantitative estimate of drug-likeness (QED) is 0.748. The zero-order chi connectivity index (χ0) is 15.4. The van der Waals surface area contributed by atoms with Crippen molar-refractivity contribution in [3.05, 3.63) is 18.2 Å². The van der Waals surface area contributed by atoms with Crippen molar-refractivity contribution in [3.63, 3.8) is 0 Å². The Morgan fingerprint density at radius 3 is 2.30 bits per heavy atom. The predicted octanol–water partition coefficient (Wildman–Crippen LogP) is 0.876. The molecule has 114 valence electrons. The first-order valence-electron chi connectivity index (χ1n) is 6.08. The van der Waals surface area contributed by atoms with Gasteiger partial charge in [-0.2, -0.15) is 0 Å². The molecule has 0 fully saturated rings. The monoisotopic (exact) mass is 321 g/mol. The van der Waals surface area contributed by atoms with Gasteiger partial charge in [0.15, 0.2) is 19.7 Å².